The van der Waals surface area contributed by atoms with E-state index in [1.165, 1.54) is 0 Å². The molecule has 0 fully saturated rings. The Balaban J connectivity index is 1.73. The fourth-order valence-electron chi connectivity index (χ4n) is 4.07. The van der Waals surface area contributed by atoms with Crippen molar-refractivity contribution in [2.75, 3.05) is 18.1 Å². The molecule has 2 aromatic rings. The molecule has 0 N–H and O–H groups in total. The lowest BCUT2D eigenvalue weighted by atomic mass is 9.84. The van der Waals surface area contributed by atoms with Crippen LogP contribution in [0, 0.1) is 13.8 Å². The van der Waals surface area contributed by atoms with Crippen LogP contribution < -0.4 is 9.64 Å². The maximum Gasteiger partial charge on any atom is 0.336 e. The minimum absolute atomic E-state index is 0.0379. The van der Waals surface area contributed by atoms with Crippen molar-refractivity contribution in [3.05, 3.63) is 83.1 Å². The van der Waals surface area contributed by atoms with Gasteiger partial charge in [-0.3, -0.25) is 9.69 Å². The number of ether oxygens (including phenoxy) is 2. The van der Waals surface area contributed by atoms with E-state index in [9.17, 15) is 9.59 Å². The van der Waals surface area contributed by atoms with Crippen LogP contribution in [0.2, 0.25) is 0 Å². The van der Waals surface area contributed by atoms with Gasteiger partial charge in [-0.1, -0.05) is 30.9 Å². The van der Waals surface area contributed by atoms with Gasteiger partial charge in [-0.15, -0.1) is 0 Å². The largest absolute Gasteiger partial charge is 0.490 e. The maximum absolute atomic E-state index is 13.1. The second-order valence-corrected chi connectivity index (χ2v) is 7.44. The molecule has 2 aliphatic rings. The highest BCUT2D eigenvalue weighted by Crippen LogP contribution is 2.42. The SMILES string of the molecule is C=CCOc1ccc([C@@H]2CC(=O)N(c3cc(C)cc(C)c3)C3=C2C(=O)OC3)cc1. The molecule has 0 saturated heterocycles. The third kappa shape index (κ3) is 3.56. The zero-order valence-electron chi connectivity index (χ0n) is 16.6. The fourth-order valence-corrected chi connectivity index (χ4v) is 4.07. The number of esters is 1. The molecule has 29 heavy (non-hydrogen) atoms. The van der Waals surface area contributed by atoms with E-state index >= 15 is 0 Å². The van der Waals surface area contributed by atoms with Crippen molar-refractivity contribution in [2.45, 2.75) is 26.2 Å². The molecule has 0 aliphatic carbocycles. The number of nitrogens with zero attached hydrogens (tertiary/aromatic N) is 1. The van der Waals surface area contributed by atoms with E-state index < -0.39 is 0 Å². The molecule has 0 unspecified atom stereocenters. The molecule has 2 aromatic carbocycles. The molecule has 5 heteroatoms. The Morgan fingerprint density at radius 1 is 1.14 bits per heavy atom. The standard InChI is InChI=1S/C24H23NO4/c1-4-9-28-19-7-5-17(6-8-19)20-13-22(26)25(21-14-29-24(27)23(20)21)18-11-15(2)10-16(3)12-18/h4-8,10-12,20H,1,9,13-14H2,2-3H3/t20-/m0/s1. The molecule has 148 valence electrons. The molecule has 4 rings (SSSR count). The Bertz CT molecular complexity index is 999. The normalized spacial score (nSPS) is 18.6. The summed E-state index contributed by atoms with van der Waals surface area (Å²) in [6, 6.07) is 13.5. The van der Waals surface area contributed by atoms with Crippen molar-refractivity contribution < 1.29 is 19.1 Å². The first-order valence-electron chi connectivity index (χ1n) is 9.63. The van der Waals surface area contributed by atoms with E-state index in [1.807, 2.05) is 50.2 Å². The van der Waals surface area contributed by atoms with E-state index in [4.69, 9.17) is 9.47 Å². The second-order valence-electron chi connectivity index (χ2n) is 7.44. The van der Waals surface area contributed by atoms with Crippen LogP contribution in [-0.2, 0) is 14.3 Å². The van der Waals surface area contributed by atoms with E-state index in [0.717, 1.165) is 28.1 Å². The molecule has 0 aromatic heterocycles. The van der Waals surface area contributed by atoms with Crippen LogP contribution in [0.4, 0.5) is 5.69 Å². The van der Waals surface area contributed by atoms with Crippen molar-refractivity contribution in [3.8, 4) is 5.75 Å². The predicted octanol–water partition coefficient (Wildman–Crippen LogP) is 4.20. The van der Waals surface area contributed by atoms with Gasteiger partial charge in [-0.05, 0) is 54.8 Å². The van der Waals surface area contributed by atoms with E-state index in [2.05, 4.69) is 12.6 Å². The summed E-state index contributed by atoms with van der Waals surface area (Å²) in [6.45, 7) is 8.17. The first-order chi connectivity index (χ1) is 14.0. The smallest absolute Gasteiger partial charge is 0.336 e. The zero-order chi connectivity index (χ0) is 20.5. The minimum Gasteiger partial charge on any atom is -0.490 e. The van der Waals surface area contributed by atoms with Crippen molar-refractivity contribution >= 4 is 17.6 Å². The topological polar surface area (TPSA) is 55.8 Å². The summed E-state index contributed by atoms with van der Waals surface area (Å²) in [6.07, 6.45) is 1.90. The third-order valence-electron chi connectivity index (χ3n) is 5.23. The van der Waals surface area contributed by atoms with Gasteiger partial charge < -0.3 is 9.47 Å². The minimum atomic E-state index is -0.348. The molecular formula is C24H23NO4. The van der Waals surface area contributed by atoms with Gasteiger partial charge >= 0.3 is 5.97 Å². The second kappa shape index (κ2) is 7.59. The molecule has 5 nitrogen and oxygen atoms in total. The number of amides is 1. The average Bonchev–Trinajstić information content (AvgIpc) is 3.06. The lowest BCUT2D eigenvalue weighted by Gasteiger charge is -2.32. The highest BCUT2D eigenvalue weighted by Gasteiger charge is 2.43. The van der Waals surface area contributed by atoms with Crippen LogP contribution in [0.5, 0.6) is 5.75 Å². The van der Waals surface area contributed by atoms with Crippen molar-refractivity contribution in [3.63, 3.8) is 0 Å². The van der Waals surface area contributed by atoms with Crippen LogP contribution in [-0.4, -0.2) is 25.1 Å². The lowest BCUT2D eigenvalue weighted by molar-refractivity contribution is -0.136. The van der Waals surface area contributed by atoms with Crippen LogP contribution in [0.25, 0.3) is 0 Å². The van der Waals surface area contributed by atoms with E-state index in [-0.39, 0.29) is 30.8 Å². The lowest BCUT2D eigenvalue weighted by Crippen LogP contribution is -2.37. The Kier molecular flexibility index (Phi) is 4.97. The average molecular weight is 389 g/mol. The molecule has 2 heterocycles. The Morgan fingerprint density at radius 3 is 2.48 bits per heavy atom. The highest BCUT2D eigenvalue weighted by atomic mass is 16.5. The number of aryl methyl sites for hydroxylation is 2. The number of carbonyl (C=O) groups excluding carboxylic acids is 2. The highest BCUT2D eigenvalue weighted by molar-refractivity contribution is 6.06. The van der Waals surface area contributed by atoms with Gasteiger partial charge in [0, 0.05) is 18.0 Å². The number of carbonyl (C=O) groups is 2. The molecule has 0 bridgehead atoms. The molecule has 0 saturated carbocycles. The maximum atomic E-state index is 13.1. The molecule has 1 atom stereocenters. The fraction of sp³-hybridized carbons (Fsp3) is 0.250. The van der Waals surface area contributed by atoms with Crippen LogP contribution in [0.1, 0.15) is 29.0 Å². The Morgan fingerprint density at radius 2 is 1.83 bits per heavy atom. The monoisotopic (exact) mass is 389 g/mol. The number of cyclic esters (lactones) is 1. The van der Waals surface area contributed by atoms with Crippen LogP contribution in [0.3, 0.4) is 0 Å². The van der Waals surface area contributed by atoms with Gasteiger partial charge in [0.1, 0.15) is 19.0 Å². The Labute approximate surface area is 170 Å². The summed E-state index contributed by atoms with van der Waals surface area (Å²) in [4.78, 5) is 27.4. The summed E-state index contributed by atoms with van der Waals surface area (Å²) in [5.41, 5.74) is 5.03. The Hall–Kier alpha value is -3.34. The van der Waals surface area contributed by atoms with Gasteiger partial charge in [0.15, 0.2) is 0 Å². The summed E-state index contributed by atoms with van der Waals surface area (Å²) in [5.74, 6) is 0.0156. The van der Waals surface area contributed by atoms with Crippen molar-refractivity contribution in [1.82, 2.24) is 0 Å². The predicted molar refractivity (Wildman–Crippen MR) is 111 cm³/mol. The first-order valence-corrected chi connectivity index (χ1v) is 9.63. The van der Waals surface area contributed by atoms with Gasteiger partial charge in [0.25, 0.3) is 0 Å². The van der Waals surface area contributed by atoms with Gasteiger partial charge in [0.2, 0.25) is 5.91 Å². The van der Waals surface area contributed by atoms with E-state index in [0.29, 0.717) is 17.9 Å². The van der Waals surface area contributed by atoms with Gasteiger partial charge in [0.05, 0.1) is 11.3 Å². The number of anilines is 1. The summed E-state index contributed by atoms with van der Waals surface area (Å²) < 4.78 is 10.9. The van der Waals surface area contributed by atoms with Gasteiger partial charge in [-0.2, -0.15) is 0 Å². The zero-order valence-corrected chi connectivity index (χ0v) is 16.6. The molecule has 2 aliphatic heterocycles. The van der Waals surface area contributed by atoms with Crippen molar-refractivity contribution in [1.29, 1.82) is 0 Å². The van der Waals surface area contributed by atoms with Crippen molar-refractivity contribution in [2.24, 2.45) is 0 Å². The van der Waals surface area contributed by atoms with Gasteiger partial charge in [-0.25, -0.2) is 4.79 Å². The van der Waals surface area contributed by atoms with Crippen LogP contribution >= 0.6 is 0 Å². The summed E-state index contributed by atoms with van der Waals surface area (Å²) in [5, 5.41) is 0. The molecule has 1 amide bonds. The molecule has 0 spiro atoms. The number of hydrogen-bond donors (Lipinski definition) is 0. The van der Waals surface area contributed by atoms with Crippen LogP contribution in [0.15, 0.2) is 66.4 Å². The number of hydrogen-bond acceptors (Lipinski definition) is 4. The first kappa shape index (κ1) is 19.0. The summed E-state index contributed by atoms with van der Waals surface area (Å²) in [7, 11) is 0. The summed E-state index contributed by atoms with van der Waals surface area (Å²) >= 11 is 0. The quantitative estimate of drug-likeness (QED) is 0.568. The third-order valence-corrected chi connectivity index (χ3v) is 5.23. The molecular weight excluding hydrogens is 366 g/mol. The number of benzene rings is 2. The molecule has 0 radical (unpaired) electrons. The number of rotatable bonds is 5. The van der Waals surface area contributed by atoms with E-state index in [1.54, 1.807) is 11.0 Å².